The van der Waals surface area contributed by atoms with Crippen LogP contribution in [0.3, 0.4) is 0 Å². The maximum atomic E-state index is 5.75. The Labute approximate surface area is 84.4 Å². The van der Waals surface area contributed by atoms with E-state index in [1.165, 1.54) is 6.42 Å². The summed E-state index contributed by atoms with van der Waals surface area (Å²) in [6.45, 7) is 3.85. The Balaban J connectivity index is 1.71. The van der Waals surface area contributed by atoms with E-state index in [0.717, 1.165) is 18.5 Å². The largest absolute Gasteiger partial charge is 0.472 e. The molecule has 0 aliphatic carbocycles. The third kappa shape index (κ3) is 2.59. The van der Waals surface area contributed by atoms with Gasteiger partial charge < -0.3 is 14.5 Å². The summed E-state index contributed by atoms with van der Waals surface area (Å²) in [5, 5.41) is 3.41. The minimum Gasteiger partial charge on any atom is -0.472 e. The van der Waals surface area contributed by atoms with Gasteiger partial charge in [0.1, 0.15) is 0 Å². The van der Waals surface area contributed by atoms with Gasteiger partial charge in [0.2, 0.25) is 0 Å². The van der Waals surface area contributed by atoms with Crippen molar-refractivity contribution in [2.24, 2.45) is 0 Å². The van der Waals surface area contributed by atoms with Crippen molar-refractivity contribution in [3.05, 3.63) is 24.2 Å². The standard InChI is InChI=1S/C11H17NO2/c1-9-2-3-11(6-12-9)14-8-10-4-5-13-7-10/h4-5,7,9,11-12H,2-3,6,8H2,1H3. The fourth-order valence-corrected chi connectivity index (χ4v) is 1.70. The number of hydrogen-bond acceptors (Lipinski definition) is 3. The van der Waals surface area contributed by atoms with Crippen LogP contribution >= 0.6 is 0 Å². The Morgan fingerprint density at radius 2 is 2.50 bits per heavy atom. The van der Waals surface area contributed by atoms with Gasteiger partial charge in [0.25, 0.3) is 0 Å². The van der Waals surface area contributed by atoms with Gasteiger partial charge in [0.05, 0.1) is 25.2 Å². The molecule has 3 heteroatoms. The predicted octanol–water partition coefficient (Wildman–Crippen LogP) is 1.94. The first-order valence-electron chi connectivity index (χ1n) is 5.20. The number of rotatable bonds is 3. The highest BCUT2D eigenvalue weighted by Crippen LogP contribution is 2.13. The van der Waals surface area contributed by atoms with E-state index in [9.17, 15) is 0 Å². The zero-order chi connectivity index (χ0) is 9.80. The molecule has 0 radical (unpaired) electrons. The molecule has 0 spiro atoms. The fraction of sp³-hybridized carbons (Fsp3) is 0.636. The number of hydrogen-bond donors (Lipinski definition) is 1. The molecular weight excluding hydrogens is 178 g/mol. The number of ether oxygens (including phenoxy) is 1. The molecule has 1 aliphatic rings. The molecule has 0 saturated carbocycles. The molecule has 0 bridgehead atoms. The van der Waals surface area contributed by atoms with Gasteiger partial charge in [-0.05, 0) is 25.8 Å². The van der Waals surface area contributed by atoms with Crippen LogP contribution in [0.15, 0.2) is 23.0 Å². The van der Waals surface area contributed by atoms with E-state index in [0.29, 0.717) is 18.8 Å². The normalized spacial score (nSPS) is 27.8. The molecule has 1 aromatic heterocycles. The van der Waals surface area contributed by atoms with Crippen molar-refractivity contribution in [1.82, 2.24) is 5.32 Å². The van der Waals surface area contributed by atoms with Gasteiger partial charge in [-0.25, -0.2) is 0 Å². The summed E-state index contributed by atoms with van der Waals surface area (Å²) in [4.78, 5) is 0. The van der Waals surface area contributed by atoms with E-state index in [2.05, 4.69) is 12.2 Å². The second-order valence-electron chi connectivity index (χ2n) is 3.95. The van der Waals surface area contributed by atoms with E-state index < -0.39 is 0 Å². The van der Waals surface area contributed by atoms with Crippen LogP contribution < -0.4 is 5.32 Å². The molecule has 0 aromatic carbocycles. The molecule has 2 atom stereocenters. The summed E-state index contributed by atoms with van der Waals surface area (Å²) < 4.78 is 10.7. The maximum absolute atomic E-state index is 5.75. The van der Waals surface area contributed by atoms with E-state index >= 15 is 0 Å². The maximum Gasteiger partial charge on any atom is 0.0957 e. The molecule has 1 aromatic rings. The van der Waals surface area contributed by atoms with Gasteiger partial charge in [-0.1, -0.05) is 0 Å². The lowest BCUT2D eigenvalue weighted by Gasteiger charge is -2.27. The first kappa shape index (κ1) is 9.74. The van der Waals surface area contributed by atoms with Crippen molar-refractivity contribution in [2.75, 3.05) is 6.54 Å². The molecule has 78 valence electrons. The summed E-state index contributed by atoms with van der Waals surface area (Å²) in [7, 11) is 0. The van der Waals surface area contributed by atoms with Crippen molar-refractivity contribution in [3.8, 4) is 0 Å². The molecular formula is C11H17NO2. The molecule has 1 aliphatic heterocycles. The second-order valence-corrected chi connectivity index (χ2v) is 3.95. The summed E-state index contributed by atoms with van der Waals surface area (Å²) in [5.41, 5.74) is 1.11. The SMILES string of the molecule is CC1CCC(OCc2ccoc2)CN1. The van der Waals surface area contributed by atoms with Crippen molar-refractivity contribution in [1.29, 1.82) is 0 Å². The summed E-state index contributed by atoms with van der Waals surface area (Å²) in [6, 6.07) is 2.59. The lowest BCUT2D eigenvalue weighted by atomic mass is 10.0. The van der Waals surface area contributed by atoms with Gasteiger partial charge in [-0.2, -0.15) is 0 Å². The van der Waals surface area contributed by atoms with Crippen LogP contribution in [0.25, 0.3) is 0 Å². The highest BCUT2D eigenvalue weighted by Gasteiger charge is 2.17. The van der Waals surface area contributed by atoms with Gasteiger partial charge >= 0.3 is 0 Å². The molecule has 2 heterocycles. The molecule has 14 heavy (non-hydrogen) atoms. The van der Waals surface area contributed by atoms with E-state index in [4.69, 9.17) is 9.15 Å². The van der Waals surface area contributed by atoms with Crippen molar-refractivity contribution >= 4 is 0 Å². The van der Waals surface area contributed by atoms with Crippen molar-refractivity contribution in [2.45, 2.75) is 38.5 Å². The highest BCUT2D eigenvalue weighted by atomic mass is 16.5. The Bertz CT molecular complexity index is 250. The van der Waals surface area contributed by atoms with Crippen LogP contribution in [-0.4, -0.2) is 18.7 Å². The summed E-state index contributed by atoms with van der Waals surface area (Å²) in [6.07, 6.45) is 6.14. The van der Waals surface area contributed by atoms with Crippen LogP contribution in [0.5, 0.6) is 0 Å². The molecule has 2 rings (SSSR count). The lowest BCUT2D eigenvalue weighted by Crippen LogP contribution is -2.40. The fourth-order valence-electron chi connectivity index (χ4n) is 1.70. The average Bonchev–Trinajstić information content (AvgIpc) is 2.70. The van der Waals surface area contributed by atoms with Gasteiger partial charge in [0, 0.05) is 18.2 Å². The number of piperidine rings is 1. The van der Waals surface area contributed by atoms with Gasteiger partial charge in [0.15, 0.2) is 0 Å². The van der Waals surface area contributed by atoms with E-state index in [1.54, 1.807) is 12.5 Å². The zero-order valence-corrected chi connectivity index (χ0v) is 8.53. The summed E-state index contributed by atoms with van der Waals surface area (Å²) >= 11 is 0. The molecule has 2 unspecified atom stereocenters. The lowest BCUT2D eigenvalue weighted by molar-refractivity contribution is 0.0192. The quantitative estimate of drug-likeness (QED) is 0.800. The minimum atomic E-state index is 0.362. The van der Waals surface area contributed by atoms with Crippen LogP contribution in [0.1, 0.15) is 25.3 Å². The first-order chi connectivity index (χ1) is 6.84. The van der Waals surface area contributed by atoms with Crippen molar-refractivity contribution in [3.63, 3.8) is 0 Å². The molecule has 1 N–H and O–H groups in total. The van der Waals surface area contributed by atoms with Crippen LogP contribution in [0, 0.1) is 0 Å². The Morgan fingerprint density at radius 3 is 3.14 bits per heavy atom. The second kappa shape index (κ2) is 4.62. The monoisotopic (exact) mass is 195 g/mol. The topological polar surface area (TPSA) is 34.4 Å². The third-order valence-electron chi connectivity index (χ3n) is 2.68. The zero-order valence-electron chi connectivity index (χ0n) is 8.53. The van der Waals surface area contributed by atoms with E-state index in [1.807, 2.05) is 6.07 Å². The molecule has 1 saturated heterocycles. The summed E-state index contributed by atoms with van der Waals surface area (Å²) in [5.74, 6) is 0. The predicted molar refractivity (Wildman–Crippen MR) is 54.0 cm³/mol. The molecule has 0 amide bonds. The van der Waals surface area contributed by atoms with Crippen LogP contribution in [0.4, 0.5) is 0 Å². The molecule has 3 nitrogen and oxygen atoms in total. The van der Waals surface area contributed by atoms with E-state index in [-0.39, 0.29) is 0 Å². The average molecular weight is 195 g/mol. The first-order valence-corrected chi connectivity index (χ1v) is 5.20. The number of furan rings is 1. The van der Waals surface area contributed by atoms with Crippen LogP contribution in [0.2, 0.25) is 0 Å². The van der Waals surface area contributed by atoms with Crippen molar-refractivity contribution < 1.29 is 9.15 Å². The smallest absolute Gasteiger partial charge is 0.0957 e. The van der Waals surface area contributed by atoms with Crippen LogP contribution in [-0.2, 0) is 11.3 Å². The molecule has 1 fully saturated rings. The Hall–Kier alpha value is -0.800. The highest BCUT2D eigenvalue weighted by molar-refractivity contribution is 5.03. The number of nitrogens with one attached hydrogen (secondary N) is 1. The van der Waals surface area contributed by atoms with Gasteiger partial charge in [-0.3, -0.25) is 0 Å². The van der Waals surface area contributed by atoms with Gasteiger partial charge in [-0.15, -0.1) is 0 Å². The Kier molecular flexibility index (Phi) is 3.22. The minimum absolute atomic E-state index is 0.362. The third-order valence-corrected chi connectivity index (χ3v) is 2.68. The Morgan fingerprint density at radius 1 is 1.57 bits per heavy atom.